The highest BCUT2D eigenvalue weighted by atomic mass is 16.3. The van der Waals surface area contributed by atoms with Gasteiger partial charge in [-0.25, -0.2) is 9.97 Å². The third-order valence-corrected chi connectivity index (χ3v) is 2.83. The molecule has 5 heteroatoms. The summed E-state index contributed by atoms with van der Waals surface area (Å²) in [7, 11) is 0. The Bertz CT molecular complexity index is 593. The van der Waals surface area contributed by atoms with E-state index in [2.05, 4.69) is 15.3 Å². The van der Waals surface area contributed by atoms with Gasteiger partial charge in [0.25, 0.3) is 0 Å². The number of carbonyl (C=O) groups excluding carboxylic acids is 1. The van der Waals surface area contributed by atoms with Gasteiger partial charge in [-0.3, -0.25) is 4.79 Å². The van der Waals surface area contributed by atoms with Crippen LogP contribution in [0.5, 0.6) is 5.88 Å². The molecule has 0 atom stereocenters. The van der Waals surface area contributed by atoms with Crippen LogP contribution in [-0.4, -0.2) is 21.0 Å². The van der Waals surface area contributed by atoms with Crippen molar-refractivity contribution in [1.82, 2.24) is 9.97 Å². The van der Waals surface area contributed by atoms with E-state index < -0.39 is 0 Å². The Morgan fingerprint density at radius 2 is 2.24 bits per heavy atom. The monoisotopic (exact) mass is 229 g/mol. The summed E-state index contributed by atoms with van der Waals surface area (Å²) in [6, 6.07) is 3.50. The topological polar surface area (TPSA) is 75.1 Å². The molecule has 0 spiro atoms. The summed E-state index contributed by atoms with van der Waals surface area (Å²) in [5, 5.41) is 13.7. The van der Waals surface area contributed by atoms with Crippen LogP contribution in [0, 0.1) is 5.92 Å². The Labute approximate surface area is 97.5 Å². The minimum atomic E-state index is -0.0462. The van der Waals surface area contributed by atoms with Crippen LogP contribution in [0.3, 0.4) is 0 Å². The van der Waals surface area contributed by atoms with E-state index in [-0.39, 0.29) is 17.7 Å². The Balaban J connectivity index is 1.93. The molecule has 0 aromatic carbocycles. The summed E-state index contributed by atoms with van der Waals surface area (Å²) in [5.74, 6) is 0.642. The number of anilines is 1. The molecule has 2 heterocycles. The van der Waals surface area contributed by atoms with Crippen molar-refractivity contribution in [3.8, 4) is 5.88 Å². The van der Waals surface area contributed by atoms with Crippen LogP contribution in [0.25, 0.3) is 10.8 Å². The van der Waals surface area contributed by atoms with Crippen LogP contribution in [0.15, 0.2) is 24.5 Å². The molecule has 0 bridgehead atoms. The number of aromatic hydroxyl groups is 1. The first kappa shape index (κ1) is 10.0. The van der Waals surface area contributed by atoms with Crippen LogP contribution in [0.2, 0.25) is 0 Å². The Morgan fingerprint density at radius 3 is 3.00 bits per heavy atom. The third-order valence-electron chi connectivity index (χ3n) is 2.83. The molecule has 0 unspecified atom stereocenters. The number of fused-ring (bicyclic) bond motifs is 1. The van der Waals surface area contributed by atoms with E-state index in [0.717, 1.165) is 18.2 Å². The Morgan fingerprint density at radius 1 is 1.41 bits per heavy atom. The third kappa shape index (κ3) is 1.91. The SMILES string of the molecule is O=C(Nc1cc2ccnc(O)c2cn1)C1CC1. The van der Waals surface area contributed by atoms with Gasteiger partial charge in [0.2, 0.25) is 11.8 Å². The van der Waals surface area contributed by atoms with Crippen LogP contribution in [-0.2, 0) is 4.79 Å². The minimum absolute atomic E-state index is 0.0233. The van der Waals surface area contributed by atoms with Crippen molar-refractivity contribution >= 4 is 22.5 Å². The molecule has 0 saturated heterocycles. The van der Waals surface area contributed by atoms with E-state index in [9.17, 15) is 9.90 Å². The highest BCUT2D eigenvalue weighted by molar-refractivity contribution is 5.95. The van der Waals surface area contributed by atoms with Gasteiger partial charge < -0.3 is 10.4 Å². The fourth-order valence-electron chi connectivity index (χ4n) is 1.70. The molecule has 0 aliphatic heterocycles. The molecule has 1 aliphatic rings. The number of aromatic nitrogens is 2. The van der Waals surface area contributed by atoms with Crippen molar-refractivity contribution in [1.29, 1.82) is 0 Å². The predicted molar refractivity (Wildman–Crippen MR) is 62.6 cm³/mol. The average molecular weight is 229 g/mol. The number of hydrogen-bond donors (Lipinski definition) is 2. The van der Waals surface area contributed by atoms with Crippen LogP contribution in [0.4, 0.5) is 5.82 Å². The van der Waals surface area contributed by atoms with Gasteiger partial charge in [-0.15, -0.1) is 0 Å². The number of hydrogen-bond acceptors (Lipinski definition) is 4. The summed E-state index contributed by atoms with van der Waals surface area (Å²) >= 11 is 0. The molecule has 1 saturated carbocycles. The van der Waals surface area contributed by atoms with Gasteiger partial charge in [0.05, 0.1) is 5.39 Å². The summed E-state index contributed by atoms with van der Waals surface area (Å²) in [4.78, 5) is 19.4. The first-order valence-electron chi connectivity index (χ1n) is 5.48. The van der Waals surface area contributed by atoms with E-state index in [1.54, 1.807) is 12.1 Å². The highest BCUT2D eigenvalue weighted by Crippen LogP contribution is 2.30. The molecule has 1 aliphatic carbocycles. The van der Waals surface area contributed by atoms with Crippen molar-refractivity contribution in [3.63, 3.8) is 0 Å². The molecular weight excluding hydrogens is 218 g/mol. The summed E-state index contributed by atoms with van der Waals surface area (Å²) < 4.78 is 0. The molecule has 2 aromatic heterocycles. The van der Waals surface area contributed by atoms with Gasteiger partial charge >= 0.3 is 0 Å². The molecule has 3 rings (SSSR count). The second-order valence-corrected chi connectivity index (χ2v) is 4.19. The molecule has 2 aromatic rings. The maximum Gasteiger partial charge on any atom is 0.228 e. The van der Waals surface area contributed by atoms with Crippen molar-refractivity contribution in [3.05, 3.63) is 24.5 Å². The lowest BCUT2D eigenvalue weighted by Crippen LogP contribution is -2.14. The van der Waals surface area contributed by atoms with Crippen LogP contribution < -0.4 is 5.32 Å². The van der Waals surface area contributed by atoms with Crippen molar-refractivity contribution < 1.29 is 9.90 Å². The van der Waals surface area contributed by atoms with Gasteiger partial charge in [-0.2, -0.15) is 0 Å². The normalized spacial score (nSPS) is 14.8. The maximum atomic E-state index is 11.6. The van der Waals surface area contributed by atoms with Gasteiger partial charge in [0.1, 0.15) is 5.82 Å². The largest absolute Gasteiger partial charge is 0.493 e. The average Bonchev–Trinajstić information content (AvgIpc) is 3.13. The van der Waals surface area contributed by atoms with Gasteiger partial charge in [-0.05, 0) is 30.4 Å². The first-order valence-corrected chi connectivity index (χ1v) is 5.48. The van der Waals surface area contributed by atoms with E-state index >= 15 is 0 Å². The predicted octanol–water partition coefficient (Wildman–Crippen LogP) is 1.68. The van der Waals surface area contributed by atoms with Gasteiger partial charge in [0.15, 0.2) is 0 Å². The molecule has 5 nitrogen and oxygen atoms in total. The van der Waals surface area contributed by atoms with Crippen molar-refractivity contribution in [2.45, 2.75) is 12.8 Å². The zero-order valence-electron chi connectivity index (χ0n) is 9.05. The fourth-order valence-corrected chi connectivity index (χ4v) is 1.70. The number of amides is 1. The lowest BCUT2D eigenvalue weighted by molar-refractivity contribution is -0.117. The minimum Gasteiger partial charge on any atom is -0.493 e. The summed E-state index contributed by atoms with van der Waals surface area (Å²) in [6.45, 7) is 0. The Kier molecular flexibility index (Phi) is 2.18. The van der Waals surface area contributed by atoms with E-state index in [1.807, 2.05) is 0 Å². The zero-order valence-corrected chi connectivity index (χ0v) is 9.05. The molecule has 86 valence electrons. The second kappa shape index (κ2) is 3.69. The molecule has 17 heavy (non-hydrogen) atoms. The quantitative estimate of drug-likeness (QED) is 0.821. The smallest absolute Gasteiger partial charge is 0.228 e. The van der Waals surface area contributed by atoms with E-state index in [0.29, 0.717) is 11.2 Å². The lowest BCUT2D eigenvalue weighted by Gasteiger charge is -2.05. The number of rotatable bonds is 2. The van der Waals surface area contributed by atoms with E-state index in [4.69, 9.17) is 0 Å². The van der Waals surface area contributed by atoms with Gasteiger partial charge in [-0.1, -0.05) is 0 Å². The van der Waals surface area contributed by atoms with Gasteiger partial charge in [0, 0.05) is 18.3 Å². The van der Waals surface area contributed by atoms with Crippen molar-refractivity contribution in [2.24, 2.45) is 5.92 Å². The fraction of sp³-hybridized carbons (Fsp3) is 0.250. The van der Waals surface area contributed by atoms with E-state index in [1.165, 1.54) is 12.4 Å². The standard InChI is InChI=1S/C12H11N3O2/c16-11(7-1-2-7)15-10-5-8-3-4-13-12(17)9(8)6-14-10/h3-7H,1-2H2,(H,13,17)(H,14,15,16). The first-order chi connectivity index (χ1) is 8.24. The van der Waals surface area contributed by atoms with Crippen LogP contribution >= 0.6 is 0 Å². The molecule has 2 N–H and O–H groups in total. The van der Waals surface area contributed by atoms with Crippen LogP contribution in [0.1, 0.15) is 12.8 Å². The molecule has 1 amide bonds. The molecular formula is C12H11N3O2. The lowest BCUT2D eigenvalue weighted by atomic mass is 10.2. The zero-order chi connectivity index (χ0) is 11.8. The summed E-state index contributed by atoms with van der Waals surface area (Å²) in [6.07, 6.45) is 4.96. The Hall–Kier alpha value is -2.17. The van der Waals surface area contributed by atoms with Crippen molar-refractivity contribution in [2.75, 3.05) is 5.32 Å². The maximum absolute atomic E-state index is 11.6. The number of pyridine rings is 2. The highest BCUT2D eigenvalue weighted by Gasteiger charge is 2.29. The second-order valence-electron chi connectivity index (χ2n) is 4.19. The molecule has 1 fully saturated rings. The number of nitrogens with zero attached hydrogens (tertiary/aromatic N) is 2. The number of carbonyl (C=O) groups is 1. The number of nitrogens with one attached hydrogen (secondary N) is 1. The molecule has 0 radical (unpaired) electrons. The summed E-state index contributed by atoms with van der Waals surface area (Å²) in [5.41, 5.74) is 0.